The van der Waals surface area contributed by atoms with Gasteiger partial charge in [-0.15, -0.1) is 0 Å². The smallest absolute Gasteiger partial charge is 0.407 e. The second kappa shape index (κ2) is 7.24. The molecule has 1 aromatic rings. The summed E-state index contributed by atoms with van der Waals surface area (Å²) < 4.78 is 5.06. The Bertz CT molecular complexity index is 398. The van der Waals surface area contributed by atoms with Crippen LogP contribution in [0.3, 0.4) is 0 Å². The molecule has 1 aromatic carbocycles. The minimum absolute atomic E-state index is 0.453. The summed E-state index contributed by atoms with van der Waals surface area (Å²) in [5, 5.41) is 13.1. The number of carbonyl (C=O) groups excluding carboxylic acids is 1. The molecule has 100 valence electrons. The van der Waals surface area contributed by atoms with Gasteiger partial charge < -0.3 is 15.2 Å². The molecule has 4 nitrogen and oxygen atoms in total. The van der Waals surface area contributed by atoms with E-state index in [-0.39, 0.29) is 0 Å². The van der Waals surface area contributed by atoms with Crippen molar-refractivity contribution >= 4 is 17.7 Å². The Kier molecular flexibility index (Phi) is 5.95. The van der Waals surface area contributed by atoms with E-state index >= 15 is 0 Å². The topological polar surface area (TPSA) is 58.6 Å². The molecule has 0 saturated carbocycles. The van der Waals surface area contributed by atoms with Crippen molar-refractivity contribution in [3.8, 4) is 0 Å². The van der Waals surface area contributed by atoms with E-state index in [1.54, 1.807) is 31.2 Å². The summed E-state index contributed by atoms with van der Waals surface area (Å²) in [6.45, 7) is 4.12. The Hall–Kier alpha value is -1.26. The van der Waals surface area contributed by atoms with Gasteiger partial charge in [0, 0.05) is 17.1 Å². The summed E-state index contributed by atoms with van der Waals surface area (Å²) in [5.74, 6) is 0. The average Bonchev–Trinajstić information content (AvgIpc) is 2.36. The molecular weight excluding hydrogens is 254 g/mol. The molecule has 0 aliphatic rings. The zero-order chi connectivity index (χ0) is 13.5. The largest absolute Gasteiger partial charge is 0.443 e. The number of hydrogen-bond acceptors (Lipinski definition) is 3. The number of aliphatic hydroxyl groups excluding tert-OH is 1. The molecular formula is C13H18ClNO3. The fourth-order valence-electron chi connectivity index (χ4n) is 1.47. The lowest BCUT2D eigenvalue weighted by Crippen LogP contribution is -2.31. The number of nitrogens with one attached hydrogen (secondary N) is 1. The van der Waals surface area contributed by atoms with Crippen LogP contribution in [0.5, 0.6) is 0 Å². The fourth-order valence-corrected chi connectivity index (χ4v) is 1.72. The van der Waals surface area contributed by atoms with Crippen LogP contribution >= 0.6 is 11.6 Å². The first-order chi connectivity index (χ1) is 8.56. The highest BCUT2D eigenvalue weighted by Crippen LogP contribution is 2.26. The van der Waals surface area contributed by atoms with Crippen LogP contribution in [0.15, 0.2) is 24.3 Å². The van der Waals surface area contributed by atoms with Gasteiger partial charge in [0.2, 0.25) is 0 Å². The predicted octanol–water partition coefficient (Wildman–Crippen LogP) is 2.90. The molecule has 0 heterocycles. The first-order valence-corrected chi connectivity index (χ1v) is 6.31. The highest BCUT2D eigenvalue weighted by Gasteiger charge is 2.21. The second-order valence-electron chi connectivity index (χ2n) is 4.00. The summed E-state index contributed by atoms with van der Waals surface area (Å²) in [6.07, 6.45) is -1.31. The zero-order valence-electron chi connectivity index (χ0n) is 10.5. The Labute approximate surface area is 112 Å². The summed E-state index contributed by atoms with van der Waals surface area (Å²) in [6, 6.07) is 6.94. The number of rotatable bonds is 5. The van der Waals surface area contributed by atoms with Gasteiger partial charge in [0.25, 0.3) is 0 Å². The van der Waals surface area contributed by atoms with Crippen LogP contribution in [0.2, 0.25) is 5.02 Å². The molecule has 18 heavy (non-hydrogen) atoms. The number of ether oxygens (including phenoxy) is 1. The van der Waals surface area contributed by atoms with Gasteiger partial charge in [0.05, 0.1) is 0 Å². The monoisotopic (exact) mass is 271 g/mol. The van der Waals surface area contributed by atoms with Crippen molar-refractivity contribution in [3.63, 3.8) is 0 Å². The maximum atomic E-state index is 11.4. The number of alkyl carbamates (subject to hydrolysis) is 1. The normalized spacial score (nSPS) is 13.8. The van der Waals surface area contributed by atoms with E-state index in [2.05, 4.69) is 5.32 Å². The van der Waals surface area contributed by atoms with E-state index in [4.69, 9.17) is 16.3 Å². The van der Waals surface area contributed by atoms with E-state index in [9.17, 15) is 9.90 Å². The van der Waals surface area contributed by atoms with Crippen LogP contribution in [-0.4, -0.2) is 23.8 Å². The van der Waals surface area contributed by atoms with Crippen LogP contribution in [0.4, 0.5) is 4.79 Å². The summed E-state index contributed by atoms with van der Waals surface area (Å²) in [5.41, 5.74) is 0.551. The van der Waals surface area contributed by atoms with Gasteiger partial charge in [-0.1, -0.05) is 36.7 Å². The van der Waals surface area contributed by atoms with Crippen molar-refractivity contribution in [2.24, 2.45) is 0 Å². The average molecular weight is 272 g/mol. The Morgan fingerprint density at radius 3 is 2.78 bits per heavy atom. The third-order valence-electron chi connectivity index (χ3n) is 2.48. The van der Waals surface area contributed by atoms with Gasteiger partial charge in [-0.25, -0.2) is 4.79 Å². The quantitative estimate of drug-likeness (QED) is 0.866. The Morgan fingerprint density at radius 1 is 1.50 bits per heavy atom. The van der Waals surface area contributed by atoms with E-state index in [1.807, 2.05) is 6.92 Å². The van der Waals surface area contributed by atoms with Crippen molar-refractivity contribution in [2.75, 3.05) is 6.54 Å². The number of amides is 1. The Balaban J connectivity index is 2.59. The van der Waals surface area contributed by atoms with Crippen molar-refractivity contribution in [2.45, 2.75) is 32.5 Å². The lowest BCUT2D eigenvalue weighted by atomic mass is 10.1. The van der Waals surface area contributed by atoms with E-state index in [0.29, 0.717) is 17.1 Å². The van der Waals surface area contributed by atoms with Gasteiger partial charge in [-0.3, -0.25) is 0 Å². The SMILES string of the molecule is CCCNC(=O)O[C@@H](C)[C@@H](O)c1ccccc1Cl. The molecule has 0 unspecified atom stereocenters. The van der Waals surface area contributed by atoms with E-state index in [0.717, 1.165) is 6.42 Å². The molecule has 0 fully saturated rings. The number of aliphatic hydroxyl groups is 1. The zero-order valence-corrected chi connectivity index (χ0v) is 11.3. The molecule has 0 aromatic heterocycles. The van der Waals surface area contributed by atoms with Crippen LogP contribution < -0.4 is 5.32 Å². The highest BCUT2D eigenvalue weighted by molar-refractivity contribution is 6.31. The van der Waals surface area contributed by atoms with Gasteiger partial charge >= 0.3 is 6.09 Å². The molecule has 0 radical (unpaired) electrons. The molecule has 0 saturated heterocycles. The standard InChI is InChI=1S/C13H18ClNO3/c1-3-8-15-13(17)18-9(2)12(16)10-6-4-5-7-11(10)14/h4-7,9,12,16H,3,8H2,1-2H3,(H,15,17)/t9-,12+/m0/s1. The van der Waals surface area contributed by atoms with Gasteiger partial charge in [0.1, 0.15) is 12.2 Å². The lowest BCUT2D eigenvalue weighted by Gasteiger charge is -2.20. The molecule has 0 aliphatic heterocycles. The first-order valence-electron chi connectivity index (χ1n) is 5.93. The molecule has 0 aliphatic carbocycles. The number of benzene rings is 1. The maximum absolute atomic E-state index is 11.4. The summed E-state index contributed by atoms with van der Waals surface area (Å²) in [4.78, 5) is 11.4. The summed E-state index contributed by atoms with van der Waals surface area (Å²) >= 11 is 5.97. The molecule has 5 heteroatoms. The van der Waals surface area contributed by atoms with Crippen molar-refractivity contribution in [1.82, 2.24) is 5.32 Å². The fraction of sp³-hybridized carbons (Fsp3) is 0.462. The number of hydrogen-bond donors (Lipinski definition) is 2. The van der Waals surface area contributed by atoms with Gasteiger partial charge in [0.15, 0.2) is 0 Å². The Morgan fingerprint density at radius 2 is 2.17 bits per heavy atom. The molecule has 0 bridgehead atoms. The molecule has 0 spiro atoms. The summed E-state index contributed by atoms with van der Waals surface area (Å²) in [7, 11) is 0. The van der Waals surface area contributed by atoms with Gasteiger partial charge in [-0.2, -0.15) is 0 Å². The third kappa shape index (κ3) is 4.20. The molecule has 2 N–H and O–H groups in total. The molecule has 2 atom stereocenters. The third-order valence-corrected chi connectivity index (χ3v) is 2.82. The first kappa shape index (κ1) is 14.8. The van der Waals surface area contributed by atoms with E-state index in [1.165, 1.54) is 0 Å². The maximum Gasteiger partial charge on any atom is 0.407 e. The minimum Gasteiger partial charge on any atom is -0.443 e. The van der Waals surface area contributed by atoms with Crippen LogP contribution in [0.1, 0.15) is 31.9 Å². The van der Waals surface area contributed by atoms with Crippen molar-refractivity contribution < 1.29 is 14.6 Å². The van der Waals surface area contributed by atoms with Crippen LogP contribution in [0, 0.1) is 0 Å². The van der Waals surface area contributed by atoms with Crippen molar-refractivity contribution in [3.05, 3.63) is 34.9 Å². The minimum atomic E-state index is -0.939. The number of halogens is 1. The van der Waals surface area contributed by atoms with Crippen LogP contribution in [-0.2, 0) is 4.74 Å². The highest BCUT2D eigenvalue weighted by atomic mass is 35.5. The van der Waals surface area contributed by atoms with E-state index < -0.39 is 18.3 Å². The molecule has 1 amide bonds. The number of carbonyl (C=O) groups is 1. The lowest BCUT2D eigenvalue weighted by molar-refractivity contribution is 0.0120. The van der Waals surface area contributed by atoms with Crippen molar-refractivity contribution in [1.29, 1.82) is 0 Å². The van der Waals surface area contributed by atoms with Crippen LogP contribution in [0.25, 0.3) is 0 Å². The predicted molar refractivity (Wildman–Crippen MR) is 70.6 cm³/mol. The van der Waals surface area contributed by atoms with Gasteiger partial charge in [-0.05, 0) is 19.4 Å². The molecule has 1 rings (SSSR count). The second-order valence-corrected chi connectivity index (χ2v) is 4.41.